The largest absolute Gasteiger partial charge is 0.398 e. The van der Waals surface area contributed by atoms with Gasteiger partial charge in [-0.3, -0.25) is 14.3 Å². The molecular weight excluding hydrogens is 382 g/mol. The number of nitrogens with two attached hydrogens (primary N) is 1. The van der Waals surface area contributed by atoms with Gasteiger partial charge in [0.2, 0.25) is 15.6 Å². The van der Waals surface area contributed by atoms with Gasteiger partial charge < -0.3 is 16.0 Å². The summed E-state index contributed by atoms with van der Waals surface area (Å²) in [5.74, 6) is -0.258. The molecule has 9 nitrogen and oxygen atoms in total. The van der Waals surface area contributed by atoms with Gasteiger partial charge in [-0.2, -0.15) is 0 Å². The zero-order chi connectivity index (χ0) is 20.5. The quantitative estimate of drug-likeness (QED) is 0.421. The average molecular weight is 403 g/mol. The van der Waals surface area contributed by atoms with E-state index in [0.29, 0.717) is 16.9 Å². The third kappa shape index (κ3) is 4.58. The molecule has 2 aromatic rings. The second kappa shape index (κ2) is 7.47. The van der Waals surface area contributed by atoms with Crippen LogP contribution in [0.25, 0.3) is 0 Å². The maximum absolute atomic E-state index is 12.5. The zero-order valence-electron chi connectivity index (χ0n) is 15.4. The summed E-state index contributed by atoms with van der Waals surface area (Å²) in [4.78, 5) is 30.5. The molecule has 0 atom stereocenters. The normalized spacial score (nSPS) is 14.6. The van der Waals surface area contributed by atoms with Crippen molar-refractivity contribution in [3.05, 3.63) is 51.9 Å². The third-order valence-electron chi connectivity index (χ3n) is 4.24. The summed E-state index contributed by atoms with van der Waals surface area (Å²) < 4.78 is 25.9. The Morgan fingerprint density at radius 1 is 1.29 bits per heavy atom. The second-order valence-electron chi connectivity index (χ2n) is 6.63. The fraction of sp³-hybridized carbons (Fsp3) is 0.278. The summed E-state index contributed by atoms with van der Waals surface area (Å²) in [6, 6.07) is 6.01. The number of nitrogens with one attached hydrogen (secondary N) is 3. The monoisotopic (exact) mass is 403 g/mol. The van der Waals surface area contributed by atoms with Crippen LogP contribution in [-0.4, -0.2) is 38.3 Å². The molecule has 10 heteroatoms. The predicted octanol–water partition coefficient (Wildman–Crippen LogP) is 1.07. The summed E-state index contributed by atoms with van der Waals surface area (Å²) in [6.07, 6.45) is 4.31. The molecule has 1 aliphatic rings. The number of rotatable bonds is 6. The summed E-state index contributed by atoms with van der Waals surface area (Å²) in [5, 5.41) is 2.53. The lowest BCUT2D eigenvalue weighted by molar-refractivity contribution is -0.114. The third-order valence-corrected chi connectivity index (χ3v) is 4.83. The molecule has 1 fully saturated rings. The first-order chi connectivity index (χ1) is 13.2. The van der Waals surface area contributed by atoms with Crippen molar-refractivity contribution < 1.29 is 13.2 Å². The van der Waals surface area contributed by atoms with Crippen molar-refractivity contribution >= 4 is 38.7 Å². The fourth-order valence-corrected chi connectivity index (χ4v) is 3.39. The van der Waals surface area contributed by atoms with Gasteiger partial charge in [0.05, 0.1) is 17.6 Å². The molecule has 1 aliphatic carbocycles. The molecule has 1 aromatic carbocycles. The van der Waals surface area contributed by atoms with Crippen LogP contribution in [0, 0.1) is 0 Å². The van der Waals surface area contributed by atoms with Crippen LogP contribution >= 0.6 is 0 Å². The van der Waals surface area contributed by atoms with Crippen LogP contribution in [0.15, 0.2) is 40.2 Å². The number of nitrogen functional groups attached to an aromatic ring is 1. The lowest BCUT2D eigenvalue weighted by Gasteiger charge is -2.16. The van der Waals surface area contributed by atoms with Gasteiger partial charge in [0.25, 0.3) is 5.91 Å². The van der Waals surface area contributed by atoms with Gasteiger partial charge in [0.1, 0.15) is 5.71 Å². The summed E-state index contributed by atoms with van der Waals surface area (Å²) in [5.41, 5.74) is 8.10. The molecule has 5 N–H and O–H groups in total. The Hall–Kier alpha value is -3.14. The standard InChI is InChI=1S/C18H21N5O4S/c1-20-18(25)17(22-11-5-6-16(24)21-9-11)13-7-12(10-3-4-10)15(8-14(13)19)23-28(2,26)27/h5-10,23H,3-4,19H2,1-2H3,(H,20,25)(H,21,24). The Morgan fingerprint density at radius 3 is 2.54 bits per heavy atom. The highest BCUT2D eigenvalue weighted by molar-refractivity contribution is 7.92. The molecular formula is C18H21N5O4S. The fourth-order valence-electron chi connectivity index (χ4n) is 2.81. The van der Waals surface area contributed by atoms with Crippen LogP contribution in [0.5, 0.6) is 0 Å². The maximum Gasteiger partial charge on any atom is 0.270 e. The van der Waals surface area contributed by atoms with Crippen molar-refractivity contribution in [2.45, 2.75) is 18.8 Å². The van der Waals surface area contributed by atoms with E-state index in [9.17, 15) is 18.0 Å². The van der Waals surface area contributed by atoms with E-state index in [-0.39, 0.29) is 22.9 Å². The highest BCUT2D eigenvalue weighted by Gasteiger charge is 2.29. The van der Waals surface area contributed by atoms with E-state index in [0.717, 1.165) is 24.7 Å². The Morgan fingerprint density at radius 2 is 2.00 bits per heavy atom. The van der Waals surface area contributed by atoms with Crippen molar-refractivity contribution in [2.75, 3.05) is 23.8 Å². The molecule has 0 aliphatic heterocycles. The van der Waals surface area contributed by atoms with Crippen molar-refractivity contribution in [3.63, 3.8) is 0 Å². The van der Waals surface area contributed by atoms with Gasteiger partial charge >= 0.3 is 0 Å². The smallest absolute Gasteiger partial charge is 0.270 e. The first-order valence-electron chi connectivity index (χ1n) is 8.59. The van der Waals surface area contributed by atoms with E-state index in [2.05, 4.69) is 20.0 Å². The van der Waals surface area contributed by atoms with Gasteiger partial charge in [-0.25, -0.2) is 13.4 Å². The number of H-pyrrole nitrogens is 1. The molecule has 1 aromatic heterocycles. The van der Waals surface area contributed by atoms with Crippen molar-refractivity contribution in [1.29, 1.82) is 0 Å². The number of carbonyl (C=O) groups is 1. The molecule has 1 amide bonds. The number of likely N-dealkylation sites (N-methyl/N-ethyl adjacent to an activating group) is 1. The van der Waals surface area contributed by atoms with Gasteiger partial charge in [-0.15, -0.1) is 0 Å². The number of carbonyl (C=O) groups excluding carboxylic acids is 1. The first kappa shape index (κ1) is 19.6. The molecule has 0 spiro atoms. The Balaban J connectivity index is 2.14. The van der Waals surface area contributed by atoms with Crippen LogP contribution < -0.4 is 21.3 Å². The molecule has 28 heavy (non-hydrogen) atoms. The molecule has 0 bridgehead atoms. The van der Waals surface area contributed by atoms with E-state index >= 15 is 0 Å². The Bertz CT molecular complexity index is 1100. The SMILES string of the molecule is CNC(=O)C(=Nc1ccc(=O)[nH]c1)c1cc(C2CC2)c(NS(C)(=O)=O)cc1N. The lowest BCUT2D eigenvalue weighted by atomic mass is 9.99. The van der Waals surface area contributed by atoms with Crippen molar-refractivity contribution in [2.24, 2.45) is 4.99 Å². The minimum atomic E-state index is -3.48. The number of amides is 1. The number of nitrogens with zero attached hydrogens (tertiary/aromatic N) is 1. The van der Waals surface area contributed by atoms with Gasteiger partial charge in [-0.1, -0.05) is 0 Å². The highest BCUT2D eigenvalue weighted by atomic mass is 32.2. The average Bonchev–Trinajstić information content (AvgIpc) is 3.45. The van der Waals surface area contributed by atoms with Crippen LogP contribution in [0.3, 0.4) is 0 Å². The highest BCUT2D eigenvalue weighted by Crippen LogP contribution is 2.45. The second-order valence-corrected chi connectivity index (χ2v) is 8.37. The predicted molar refractivity (Wildman–Crippen MR) is 109 cm³/mol. The number of benzene rings is 1. The number of anilines is 2. The lowest BCUT2D eigenvalue weighted by Crippen LogP contribution is -2.29. The summed E-state index contributed by atoms with van der Waals surface area (Å²) >= 11 is 0. The minimum Gasteiger partial charge on any atom is -0.398 e. The van der Waals surface area contributed by atoms with Crippen LogP contribution in [0.2, 0.25) is 0 Å². The molecule has 0 unspecified atom stereocenters. The van der Waals surface area contributed by atoms with E-state index in [1.165, 1.54) is 31.4 Å². The van der Waals surface area contributed by atoms with Crippen LogP contribution in [-0.2, 0) is 14.8 Å². The van der Waals surface area contributed by atoms with Gasteiger partial charge in [0, 0.05) is 30.6 Å². The maximum atomic E-state index is 12.5. The number of sulfonamides is 1. The summed E-state index contributed by atoms with van der Waals surface area (Å²) in [6.45, 7) is 0. The molecule has 1 saturated carbocycles. The van der Waals surface area contributed by atoms with E-state index < -0.39 is 15.9 Å². The zero-order valence-corrected chi connectivity index (χ0v) is 16.3. The van der Waals surface area contributed by atoms with Gasteiger partial charge in [0.15, 0.2) is 0 Å². The number of aromatic amines is 1. The van der Waals surface area contributed by atoms with E-state index in [1.807, 2.05) is 0 Å². The molecule has 0 radical (unpaired) electrons. The Labute approximate surface area is 162 Å². The van der Waals surface area contributed by atoms with Crippen molar-refractivity contribution in [1.82, 2.24) is 10.3 Å². The minimum absolute atomic E-state index is 0.0693. The van der Waals surface area contributed by atoms with Crippen molar-refractivity contribution in [3.8, 4) is 0 Å². The van der Waals surface area contributed by atoms with Gasteiger partial charge in [-0.05, 0) is 42.5 Å². The topological polar surface area (TPSA) is 147 Å². The number of aliphatic imine (C=N–C) groups is 1. The van der Waals surface area contributed by atoms with E-state index in [1.54, 1.807) is 6.07 Å². The number of pyridine rings is 1. The number of hydrogen-bond donors (Lipinski definition) is 4. The first-order valence-corrected chi connectivity index (χ1v) is 10.5. The van der Waals surface area contributed by atoms with Crippen LogP contribution in [0.4, 0.5) is 17.1 Å². The molecule has 0 saturated heterocycles. The number of hydrogen-bond acceptors (Lipinski definition) is 6. The molecule has 148 valence electrons. The van der Waals surface area contributed by atoms with E-state index in [4.69, 9.17) is 5.73 Å². The molecule has 3 rings (SSSR count). The number of aromatic nitrogens is 1. The Kier molecular flexibility index (Phi) is 5.23. The molecule has 1 heterocycles. The summed E-state index contributed by atoms with van der Waals surface area (Å²) in [7, 11) is -2.00. The van der Waals surface area contributed by atoms with Crippen LogP contribution in [0.1, 0.15) is 29.9 Å².